The number of nitrogens with zero attached hydrogens (tertiary/aromatic N) is 1. The number of hydrogen-bond donors (Lipinski definition) is 1. The van der Waals surface area contributed by atoms with Crippen molar-refractivity contribution >= 4 is 27.6 Å². The van der Waals surface area contributed by atoms with Crippen LogP contribution in [0.15, 0.2) is 89.8 Å². The lowest BCUT2D eigenvalue weighted by atomic mass is 10.0. The Morgan fingerprint density at radius 2 is 1.53 bits per heavy atom. The van der Waals surface area contributed by atoms with Crippen LogP contribution in [0.1, 0.15) is 19.3 Å². The lowest BCUT2D eigenvalue weighted by molar-refractivity contribution is -0.152. The number of rotatable bonds is 7. The number of benzene rings is 3. The lowest BCUT2D eigenvalue weighted by Gasteiger charge is -2.32. The molecule has 0 saturated carbocycles. The van der Waals surface area contributed by atoms with Crippen molar-refractivity contribution in [3.05, 3.63) is 84.9 Å². The number of esters is 1. The fraction of sp³-hybridized carbons (Fsp3) is 0.231. The van der Waals surface area contributed by atoms with Gasteiger partial charge in [0.1, 0.15) is 6.04 Å². The third kappa shape index (κ3) is 5.35. The van der Waals surface area contributed by atoms with Gasteiger partial charge in [-0.1, -0.05) is 66.7 Å². The molecule has 1 aliphatic heterocycles. The summed E-state index contributed by atoms with van der Waals surface area (Å²) < 4.78 is 32.6. The first-order chi connectivity index (χ1) is 16.5. The molecule has 1 atom stereocenters. The van der Waals surface area contributed by atoms with E-state index < -0.39 is 34.5 Å². The van der Waals surface area contributed by atoms with Crippen LogP contribution in [0.25, 0.3) is 11.1 Å². The molecule has 4 rings (SSSR count). The highest BCUT2D eigenvalue weighted by Crippen LogP contribution is 2.28. The number of hydrogen-bond acceptors (Lipinski definition) is 5. The number of nitrogens with one attached hydrogen (secondary N) is 1. The van der Waals surface area contributed by atoms with Crippen molar-refractivity contribution in [3.63, 3.8) is 0 Å². The molecule has 176 valence electrons. The molecule has 1 saturated heterocycles. The second-order valence-electron chi connectivity index (χ2n) is 8.01. The normalized spacial score (nSPS) is 16.5. The van der Waals surface area contributed by atoms with E-state index in [0.29, 0.717) is 24.9 Å². The van der Waals surface area contributed by atoms with Crippen LogP contribution < -0.4 is 5.32 Å². The first kappa shape index (κ1) is 23.7. The average molecular weight is 479 g/mol. The molecule has 1 heterocycles. The van der Waals surface area contributed by atoms with E-state index in [2.05, 4.69) is 5.32 Å². The van der Waals surface area contributed by atoms with Gasteiger partial charge in [-0.05, 0) is 43.0 Å². The van der Waals surface area contributed by atoms with Gasteiger partial charge in [0.05, 0.1) is 4.90 Å². The second-order valence-corrected chi connectivity index (χ2v) is 9.90. The minimum absolute atomic E-state index is 0.130. The van der Waals surface area contributed by atoms with Crippen molar-refractivity contribution in [3.8, 4) is 11.1 Å². The summed E-state index contributed by atoms with van der Waals surface area (Å²) in [5, 5.41) is 2.79. The predicted molar refractivity (Wildman–Crippen MR) is 129 cm³/mol. The molecule has 1 amide bonds. The zero-order valence-electron chi connectivity index (χ0n) is 18.6. The van der Waals surface area contributed by atoms with Crippen LogP contribution in [-0.4, -0.2) is 43.8 Å². The Hall–Kier alpha value is -3.49. The zero-order chi connectivity index (χ0) is 24.0. The number of ether oxygens (including phenoxy) is 1. The first-order valence-corrected chi connectivity index (χ1v) is 12.6. The maximum absolute atomic E-state index is 13.1. The van der Waals surface area contributed by atoms with Crippen molar-refractivity contribution in [2.24, 2.45) is 0 Å². The lowest BCUT2D eigenvalue weighted by Crippen LogP contribution is -2.48. The number of carbonyl (C=O) groups is 2. The van der Waals surface area contributed by atoms with E-state index in [-0.39, 0.29) is 11.4 Å². The standard InChI is InChI=1S/C26H26N2O5S/c29-25(27-23-16-8-7-15-22(23)20-11-3-1-4-12-20)19-33-26(30)24-17-9-10-18-28(24)34(31,32)21-13-5-2-6-14-21/h1-8,11-16,24H,9-10,17-19H2,(H,27,29). The molecule has 1 aliphatic rings. The highest BCUT2D eigenvalue weighted by molar-refractivity contribution is 7.89. The molecule has 8 heteroatoms. The van der Waals surface area contributed by atoms with Crippen molar-refractivity contribution in [1.29, 1.82) is 0 Å². The molecule has 0 radical (unpaired) electrons. The molecule has 1 fully saturated rings. The molecule has 7 nitrogen and oxygen atoms in total. The monoisotopic (exact) mass is 478 g/mol. The highest BCUT2D eigenvalue weighted by Gasteiger charge is 2.38. The van der Waals surface area contributed by atoms with Gasteiger partial charge in [0.2, 0.25) is 10.0 Å². The molecule has 1 N–H and O–H groups in total. The van der Waals surface area contributed by atoms with Gasteiger partial charge in [0.15, 0.2) is 6.61 Å². The third-order valence-electron chi connectivity index (χ3n) is 5.71. The zero-order valence-corrected chi connectivity index (χ0v) is 19.4. The molecule has 1 unspecified atom stereocenters. The Morgan fingerprint density at radius 3 is 2.26 bits per heavy atom. The fourth-order valence-corrected chi connectivity index (χ4v) is 5.70. The maximum Gasteiger partial charge on any atom is 0.324 e. The maximum atomic E-state index is 13.1. The summed E-state index contributed by atoms with van der Waals surface area (Å²) in [7, 11) is -3.85. The summed E-state index contributed by atoms with van der Waals surface area (Å²) in [5.74, 6) is -1.21. The Kier molecular flexibility index (Phi) is 7.40. The van der Waals surface area contributed by atoms with Crippen LogP contribution >= 0.6 is 0 Å². The average Bonchev–Trinajstić information content (AvgIpc) is 2.88. The van der Waals surface area contributed by atoms with Crippen LogP contribution in [0.5, 0.6) is 0 Å². The van der Waals surface area contributed by atoms with Crippen LogP contribution in [0.3, 0.4) is 0 Å². The van der Waals surface area contributed by atoms with Gasteiger partial charge in [-0.25, -0.2) is 8.42 Å². The molecule has 34 heavy (non-hydrogen) atoms. The van der Waals surface area contributed by atoms with E-state index >= 15 is 0 Å². The number of sulfonamides is 1. The Balaban J connectivity index is 1.42. The summed E-state index contributed by atoms with van der Waals surface area (Å²) in [6.45, 7) is -0.272. The van der Waals surface area contributed by atoms with Crippen LogP contribution in [0.2, 0.25) is 0 Å². The minimum Gasteiger partial charge on any atom is -0.454 e. The van der Waals surface area contributed by atoms with E-state index in [1.165, 1.54) is 16.4 Å². The van der Waals surface area contributed by atoms with Gasteiger partial charge in [0, 0.05) is 17.8 Å². The minimum atomic E-state index is -3.85. The van der Waals surface area contributed by atoms with Crippen LogP contribution in [0, 0.1) is 0 Å². The summed E-state index contributed by atoms with van der Waals surface area (Å²) in [6, 6.07) is 24.0. The molecule has 3 aromatic carbocycles. The number of carbonyl (C=O) groups excluding carboxylic acids is 2. The molecular weight excluding hydrogens is 452 g/mol. The number of piperidine rings is 1. The quantitative estimate of drug-likeness (QED) is 0.517. The SMILES string of the molecule is O=C(COC(=O)C1CCCCN1S(=O)(=O)c1ccccc1)Nc1ccccc1-c1ccccc1. The van der Waals surface area contributed by atoms with Gasteiger partial charge in [0.25, 0.3) is 5.91 Å². The van der Waals surface area contributed by atoms with Crippen molar-refractivity contribution in [2.45, 2.75) is 30.2 Å². The highest BCUT2D eigenvalue weighted by atomic mass is 32.2. The van der Waals surface area contributed by atoms with E-state index in [4.69, 9.17) is 4.74 Å². The fourth-order valence-electron chi connectivity index (χ4n) is 4.04. The third-order valence-corrected chi connectivity index (χ3v) is 7.63. The van der Waals surface area contributed by atoms with Gasteiger partial charge >= 0.3 is 5.97 Å². The number of amides is 1. The van der Waals surface area contributed by atoms with E-state index in [1.54, 1.807) is 24.3 Å². The summed E-state index contributed by atoms with van der Waals surface area (Å²) >= 11 is 0. The van der Waals surface area contributed by atoms with Crippen molar-refractivity contribution in [2.75, 3.05) is 18.5 Å². The molecule has 0 spiro atoms. The van der Waals surface area contributed by atoms with E-state index in [1.807, 2.05) is 48.5 Å². The first-order valence-electron chi connectivity index (χ1n) is 11.1. The Bertz CT molecular complexity index is 1250. The summed E-state index contributed by atoms with van der Waals surface area (Å²) in [5.41, 5.74) is 2.38. The molecule has 0 bridgehead atoms. The van der Waals surface area contributed by atoms with Gasteiger partial charge < -0.3 is 10.1 Å². The number of anilines is 1. The smallest absolute Gasteiger partial charge is 0.324 e. The topological polar surface area (TPSA) is 92.8 Å². The van der Waals surface area contributed by atoms with Gasteiger partial charge in [-0.3, -0.25) is 9.59 Å². The largest absolute Gasteiger partial charge is 0.454 e. The predicted octanol–water partition coefficient (Wildman–Crippen LogP) is 4.08. The molecular formula is C26H26N2O5S. The van der Waals surface area contributed by atoms with Gasteiger partial charge in [-0.15, -0.1) is 0 Å². The second kappa shape index (κ2) is 10.6. The van der Waals surface area contributed by atoms with Crippen LogP contribution in [-0.2, 0) is 24.3 Å². The van der Waals surface area contributed by atoms with E-state index in [9.17, 15) is 18.0 Å². The van der Waals surface area contributed by atoms with Crippen LogP contribution in [0.4, 0.5) is 5.69 Å². The molecule has 0 aromatic heterocycles. The summed E-state index contributed by atoms with van der Waals surface area (Å²) in [4.78, 5) is 25.5. The van der Waals surface area contributed by atoms with E-state index in [0.717, 1.165) is 11.1 Å². The number of para-hydroxylation sites is 1. The molecule has 3 aromatic rings. The molecule has 0 aliphatic carbocycles. The Morgan fingerprint density at radius 1 is 0.882 bits per heavy atom. The van der Waals surface area contributed by atoms with Crippen molar-refractivity contribution in [1.82, 2.24) is 4.31 Å². The Labute approximate surface area is 199 Å². The van der Waals surface area contributed by atoms with Gasteiger partial charge in [-0.2, -0.15) is 4.31 Å². The summed E-state index contributed by atoms with van der Waals surface area (Å²) in [6.07, 6.45) is 1.72. The van der Waals surface area contributed by atoms with Crippen molar-refractivity contribution < 1.29 is 22.7 Å².